The molecule has 1 aliphatic carbocycles. The minimum absolute atomic E-state index is 0.571. The molecule has 0 spiro atoms. The van der Waals surface area contributed by atoms with E-state index in [9.17, 15) is 0 Å². The quantitative estimate of drug-likeness (QED) is 0.674. The highest BCUT2D eigenvalue weighted by molar-refractivity contribution is 4.88. The van der Waals surface area contributed by atoms with Crippen molar-refractivity contribution in [3.8, 4) is 0 Å². The van der Waals surface area contributed by atoms with Crippen LogP contribution in [0.1, 0.15) is 19.8 Å². The molecular weight excluding hydrogens is 162 g/mol. The van der Waals surface area contributed by atoms with Gasteiger partial charge in [-0.2, -0.15) is 0 Å². The topological polar surface area (TPSA) is 32.5 Å². The molecule has 2 N–H and O–H groups in total. The van der Waals surface area contributed by atoms with E-state index in [1.54, 1.807) is 0 Å². The van der Waals surface area contributed by atoms with E-state index in [-0.39, 0.29) is 0 Å². The smallest absolute Gasteiger partial charge is 0.0191 e. The Hall–Kier alpha value is -0.120. The third-order valence-corrected chi connectivity index (χ3v) is 3.38. The molecule has 0 aromatic carbocycles. The predicted octanol–water partition coefficient (Wildman–Crippen LogP) is 0.114. The molecule has 2 fully saturated rings. The van der Waals surface area contributed by atoms with Gasteiger partial charge in [-0.3, -0.25) is 9.80 Å². The van der Waals surface area contributed by atoms with E-state index in [0.29, 0.717) is 6.04 Å². The Kier molecular flexibility index (Phi) is 2.86. The van der Waals surface area contributed by atoms with Gasteiger partial charge in [0.05, 0.1) is 0 Å². The fourth-order valence-corrected chi connectivity index (χ4v) is 2.13. The lowest BCUT2D eigenvalue weighted by atomic mass is 10.2. The van der Waals surface area contributed by atoms with Crippen molar-refractivity contribution in [2.75, 3.05) is 32.7 Å². The maximum atomic E-state index is 5.65. The van der Waals surface area contributed by atoms with Gasteiger partial charge in [-0.25, -0.2) is 0 Å². The number of nitrogens with zero attached hydrogens (tertiary/aromatic N) is 2. The van der Waals surface area contributed by atoms with Gasteiger partial charge in [-0.1, -0.05) is 0 Å². The third-order valence-electron chi connectivity index (χ3n) is 3.38. The highest BCUT2D eigenvalue weighted by Gasteiger charge is 2.31. The van der Waals surface area contributed by atoms with Crippen molar-refractivity contribution in [3.63, 3.8) is 0 Å². The Morgan fingerprint density at radius 1 is 1.23 bits per heavy atom. The SMILES string of the molecule is CC(CN)N1CCN(C2CC2)CC1. The van der Waals surface area contributed by atoms with Gasteiger partial charge in [-0.05, 0) is 19.8 Å². The lowest BCUT2D eigenvalue weighted by Gasteiger charge is -2.37. The summed E-state index contributed by atoms with van der Waals surface area (Å²) >= 11 is 0. The van der Waals surface area contributed by atoms with Crippen molar-refractivity contribution < 1.29 is 0 Å². The van der Waals surface area contributed by atoms with Crippen LogP contribution in [0, 0.1) is 0 Å². The van der Waals surface area contributed by atoms with E-state index < -0.39 is 0 Å². The van der Waals surface area contributed by atoms with Crippen LogP contribution < -0.4 is 5.73 Å². The molecule has 0 aromatic rings. The van der Waals surface area contributed by atoms with Crippen LogP contribution in [0.5, 0.6) is 0 Å². The maximum Gasteiger partial charge on any atom is 0.0191 e. The first-order chi connectivity index (χ1) is 6.31. The Morgan fingerprint density at radius 3 is 2.31 bits per heavy atom. The second kappa shape index (κ2) is 3.95. The first kappa shape index (κ1) is 9.44. The summed E-state index contributed by atoms with van der Waals surface area (Å²) in [5.74, 6) is 0. The van der Waals surface area contributed by atoms with E-state index in [2.05, 4.69) is 16.7 Å². The van der Waals surface area contributed by atoms with E-state index >= 15 is 0 Å². The number of rotatable bonds is 3. The minimum atomic E-state index is 0.571. The fourth-order valence-electron chi connectivity index (χ4n) is 2.13. The zero-order chi connectivity index (χ0) is 9.26. The summed E-state index contributed by atoms with van der Waals surface area (Å²) in [5.41, 5.74) is 5.65. The summed E-state index contributed by atoms with van der Waals surface area (Å²) in [6, 6.07) is 1.51. The molecule has 1 heterocycles. The van der Waals surface area contributed by atoms with E-state index in [1.807, 2.05) is 0 Å². The van der Waals surface area contributed by atoms with Crippen LogP contribution in [0.4, 0.5) is 0 Å². The Morgan fingerprint density at radius 2 is 1.85 bits per heavy atom. The molecule has 2 rings (SSSR count). The highest BCUT2D eigenvalue weighted by atomic mass is 15.3. The van der Waals surface area contributed by atoms with Crippen molar-refractivity contribution in [1.82, 2.24) is 9.80 Å². The van der Waals surface area contributed by atoms with Crippen molar-refractivity contribution in [2.45, 2.75) is 31.8 Å². The fraction of sp³-hybridized carbons (Fsp3) is 1.00. The third kappa shape index (κ3) is 2.22. The summed E-state index contributed by atoms with van der Waals surface area (Å²) in [5, 5.41) is 0. The summed E-state index contributed by atoms with van der Waals surface area (Å²) in [6.45, 7) is 7.98. The van der Waals surface area contributed by atoms with Crippen LogP contribution >= 0.6 is 0 Å². The molecule has 76 valence electrons. The van der Waals surface area contributed by atoms with Crippen molar-refractivity contribution >= 4 is 0 Å². The minimum Gasteiger partial charge on any atom is -0.329 e. The molecule has 3 heteroatoms. The molecule has 13 heavy (non-hydrogen) atoms. The molecule has 2 aliphatic rings. The lowest BCUT2D eigenvalue weighted by Crippen LogP contribution is -2.51. The summed E-state index contributed by atoms with van der Waals surface area (Å²) in [4.78, 5) is 5.15. The first-order valence-corrected chi connectivity index (χ1v) is 5.49. The number of hydrogen-bond donors (Lipinski definition) is 1. The monoisotopic (exact) mass is 183 g/mol. The molecular formula is C10H21N3. The average Bonchev–Trinajstić information content (AvgIpc) is 3.00. The number of piperazine rings is 1. The first-order valence-electron chi connectivity index (χ1n) is 5.49. The van der Waals surface area contributed by atoms with Crippen LogP contribution in [0.2, 0.25) is 0 Å². The summed E-state index contributed by atoms with van der Waals surface area (Å²) in [6.07, 6.45) is 2.87. The normalized spacial score (nSPS) is 29.1. The average molecular weight is 183 g/mol. The molecule has 1 atom stereocenters. The second-order valence-corrected chi connectivity index (χ2v) is 4.39. The Bertz CT molecular complexity index is 160. The van der Waals surface area contributed by atoms with Gasteiger partial charge in [0.2, 0.25) is 0 Å². The molecule has 1 saturated heterocycles. The molecule has 0 radical (unpaired) electrons. The van der Waals surface area contributed by atoms with Gasteiger partial charge in [0.1, 0.15) is 0 Å². The molecule has 0 aromatic heterocycles. The van der Waals surface area contributed by atoms with Crippen molar-refractivity contribution in [3.05, 3.63) is 0 Å². The number of hydrogen-bond acceptors (Lipinski definition) is 3. The Labute approximate surface area is 80.9 Å². The molecule has 1 unspecified atom stereocenters. The lowest BCUT2D eigenvalue weighted by molar-refractivity contribution is 0.100. The van der Waals surface area contributed by atoms with E-state index in [1.165, 1.54) is 39.0 Å². The molecule has 1 aliphatic heterocycles. The number of nitrogens with two attached hydrogens (primary N) is 1. The molecule has 3 nitrogen and oxygen atoms in total. The zero-order valence-corrected chi connectivity index (χ0v) is 8.58. The van der Waals surface area contributed by atoms with Gasteiger partial charge in [-0.15, -0.1) is 0 Å². The predicted molar refractivity (Wildman–Crippen MR) is 54.7 cm³/mol. The van der Waals surface area contributed by atoms with Crippen LogP contribution in [-0.2, 0) is 0 Å². The zero-order valence-electron chi connectivity index (χ0n) is 8.58. The van der Waals surface area contributed by atoms with E-state index in [0.717, 1.165) is 12.6 Å². The van der Waals surface area contributed by atoms with Gasteiger partial charge in [0, 0.05) is 44.8 Å². The second-order valence-electron chi connectivity index (χ2n) is 4.39. The standard InChI is InChI=1S/C10H21N3/c1-9(8-11)12-4-6-13(7-5-12)10-2-3-10/h9-10H,2-8,11H2,1H3. The van der Waals surface area contributed by atoms with Gasteiger partial charge >= 0.3 is 0 Å². The van der Waals surface area contributed by atoms with Crippen LogP contribution in [0.15, 0.2) is 0 Å². The van der Waals surface area contributed by atoms with Gasteiger partial charge in [0.25, 0.3) is 0 Å². The largest absolute Gasteiger partial charge is 0.329 e. The Balaban J connectivity index is 1.74. The molecule has 0 amide bonds. The van der Waals surface area contributed by atoms with Crippen molar-refractivity contribution in [2.24, 2.45) is 5.73 Å². The maximum absolute atomic E-state index is 5.65. The van der Waals surface area contributed by atoms with Crippen LogP contribution in [0.3, 0.4) is 0 Å². The van der Waals surface area contributed by atoms with Gasteiger partial charge in [0.15, 0.2) is 0 Å². The van der Waals surface area contributed by atoms with Crippen LogP contribution in [0.25, 0.3) is 0 Å². The molecule has 0 bridgehead atoms. The van der Waals surface area contributed by atoms with Gasteiger partial charge < -0.3 is 5.73 Å². The summed E-state index contributed by atoms with van der Waals surface area (Å²) < 4.78 is 0. The summed E-state index contributed by atoms with van der Waals surface area (Å²) in [7, 11) is 0. The highest BCUT2D eigenvalue weighted by Crippen LogP contribution is 2.27. The van der Waals surface area contributed by atoms with E-state index in [4.69, 9.17) is 5.73 Å². The van der Waals surface area contributed by atoms with Crippen molar-refractivity contribution in [1.29, 1.82) is 0 Å². The van der Waals surface area contributed by atoms with Crippen LogP contribution in [-0.4, -0.2) is 54.6 Å². The molecule has 1 saturated carbocycles.